The van der Waals surface area contributed by atoms with Crippen LogP contribution in [0.2, 0.25) is 0 Å². The van der Waals surface area contributed by atoms with Crippen LogP contribution >= 0.6 is 0 Å². The summed E-state index contributed by atoms with van der Waals surface area (Å²) in [5.74, 6) is 0.738. The number of fused-ring (bicyclic) bond motifs is 1. The zero-order chi connectivity index (χ0) is 15.4. The van der Waals surface area contributed by atoms with Gasteiger partial charge in [0.25, 0.3) is 0 Å². The molecule has 0 saturated heterocycles. The van der Waals surface area contributed by atoms with Crippen LogP contribution in [0.1, 0.15) is 15.9 Å². The Morgan fingerprint density at radius 2 is 1.64 bits per heavy atom. The van der Waals surface area contributed by atoms with E-state index in [-0.39, 0.29) is 5.78 Å². The lowest BCUT2D eigenvalue weighted by molar-refractivity contribution is 0.104. The largest absolute Gasteiger partial charge is 0.496 e. The lowest BCUT2D eigenvalue weighted by Gasteiger charge is -2.03. The minimum absolute atomic E-state index is 0.0170. The van der Waals surface area contributed by atoms with Crippen molar-refractivity contribution >= 4 is 22.6 Å². The Bertz CT molecular complexity index is 847. The quantitative estimate of drug-likeness (QED) is 0.512. The summed E-state index contributed by atoms with van der Waals surface area (Å²) in [7, 11) is 1.62. The second-order valence-corrected chi connectivity index (χ2v) is 5.00. The average molecular weight is 288 g/mol. The van der Waals surface area contributed by atoms with E-state index in [2.05, 4.69) is 0 Å². The molecule has 0 radical (unpaired) electrons. The lowest BCUT2D eigenvalue weighted by atomic mass is 10.0. The van der Waals surface area contributed by atoms with Crippen molar-refractivity contribution in [3.63, 3.8) is 0 Å². The van der Waals surface area contributed by atoms with Crippen LogP contribution < -0.4 is 4.74 Å². The molecule has 2 nitrogen and oxygen atoms in total. The Labute approximate surface area is 129 Å². The maximum absolute atomic E-state index is 12.3. The van der Waals surface area contributed by atoms with Crippen molar-refractivity contribution in [2.45, 2.75) is 0 Å². The predicted molar refractivity (Wildman–Crippen MR) is 90.3 cm³/mol. The van der Waals surface area contributed by atoms with Crippen molar-refractivity contribution in [2.75, 3.05) is 7.11 Å². The fraction of sp³-hybridized carbons (Fsp3) is 0.0500. The molecular formula is C20H16O2. The number of methoxy groups -OCH3 is 1. The van der Waals surface area contributed by atoms with Crippen LogP contribution in [-0.2, 0) is 0 Å². The number of hydrogen-bond acceptors (Lipinski definition) is 2. The molecule has 0 heterocycles. The first-order valence-electron chi connectivity index (χ1n) is 7.12. The second kappa shape index (κ2) is 6.27. The molecule has 0 aromatic heterocycles. The summed E-state index contributed by atoms with van der Waals surface area (Å²) in [6, 6.07) is 21.4. The molecular weight excluding hydrogens is 272 g/mol. The van der Waals surface area contributed by atoms with Gasteiger partial charge in [0.15, 0.2) is 5.78 Å². The third-order valence-electron chi connectivity index (χ3n) is 3.59. The molecule has 0 fully saturated rings. The van der Waals surface area contributed by atoms with Crippen LogP contribution in [0.5, 0.6) is 5.75 Å². The monoisotopic (exact) mass is 288 g/mol. The van der Waals surface area contributed by atoms with Gasteiger partial charge in [-0.15, -0.1) is 0 Å². The first-order valence-corrected chi connectivity index (χ1v) is 7.12. The molecule has 0 spiro atoms. The molecule has 3 rings (SSSR count). The normalized spacial score (nSPS) is 11.0. The van der Waals surface area contributed by atoms with Crippen LogP contribution in [-0.4, -0.2) is 12.9 Å². The van der Waals surface area contributed by atoms with Crippen LogP contribution in [0, 0.1) is 0 Å². The summed E-state index contributed by atoms with van der Waals surface area (Å²) in [6.45, 7) is 0. The number of para-hydroxylation sites is 1. The number of allylic oxidation sites excluding steroid dienone is 1. The van der Waals surface area contributed by atoms with Crippen LogP contribution in [0.4, 0.5) is 0 Å². The molecule has 0 aliphatic carbocycles. The molecule has 0 saturated carbocycles. The molecule has 0 N–H and O–H groups in total. The summed E-state index contributed by atoms with van der Waals surface area (Å²) in [5, 5.41) is 2.20. The van der Waals surface area contributed by atoms with Gasteiger partial charge in [0.05, 0.1) is 7.11 Å². The van der Waals surface area contributed by atoms with Gasteiger partial charge in [-0.3, -0.25) is 4.79 Å². The van der Waals surface area contributed by atoms with Crippen molar-refractivity contribution in [3.8, 4) is 5.75 Å². The van der Waals surface area contributed by atoms with Gasteiger partial charge in [-0.1, -0.05) is 54.6 Å². The molecule has 0 aliphatic heterocycles. The van der Waals surface area contributed by atoms with Crippen LogP contribution in [0.3, 0.4) is 0 Å². The van der Waals surface area contributed by atoms with E-state index < -0.39 is 0 Å². The molecule has 0 atom stereocenters. The fourth-order valence-corrected chi connectivity index (χ4v) is 2.41. The van der Waals surface area contributed by atoms with E-state index in [4.69, 9.17) is 4.74 Å². The summed E-state index contributed by atoms with van der Waals surface area (Å²) >= 11 is 0. The van der Waals surface area contributed by atoms with E-state index in [1.54, 1.807) is 19.3 Å². The third-order valence-corrected chi connectivity index (χ3v) is 3.59. The zero-order valence-electron chi connectivity index (χ0n) is 12.3. The molecule has 3 aromatic carbocycles. The highest BCUT2D eigenvalue weighted by atomic mass is 16.5. The molecule has 0 aliphatic rings. The number of rotatable bonds is 4. The number of benzene rings is 3. The van der Waals surface area contributed by atoms with Crippen molar-refractivity contribution < 1.29 is 9.53 Å². The maximum Gasteiger partial charge on any atom is 0.185 e. The van der Waals surface area contributed by atoms with Gasteiger partial charge >= 0.3 is 0 Å². The third kappa shape index (κ3) is 2.91. The highest BCUT2D eigenvalue weighted by molar-refractivity contribution is 6.08. The topological polar surface area (TPSA) is 26.3 Å². The van der Waals surface area contributed by atoms with Gasteiger partial charge in [0.1, 0.15) is 5.75 Å². The van der Waals surface area contributed by atoms with Gasteiger partial charge in [-0.2, -0.15) is 0 Å². The van der Waals surface area contributed by atoms with Gasteiger partial charge in [-0.25, -0.2) is 0 Å². The number of hydrogen-bond donors (Lipinski definition) is 0. The molecule has 0 unspecified atom stereocenters. The number of carbonyl (C=O) groups excluding carboxylic acids is 1. The first kappa shape index (κ1) is 14.1. The van der Waals surface area contributed by atoms with Gasteiger partial charge in [0, 0.05) is 11.1 Å². The van der Waals surface area contributed by atoms with Crippen molar-refractivity contribution in [1.29, 1.82) is 0 Å². The molecule has 2 heteroatoms. The van der Waals surface area contributed by atoms with E-state index >= 15 is 0 Å². The molecule has 0 amide bonds. The highest BCUT2D eigenvalue weighted by Crippen LogP contribution is 2.20. The number of ether oxygens (including phenoxy) is 1. The zero-order valence-corrected chi connectivity index (χ0v) is 12.3. The van der Waals surface area contributed by atoms with Crippen molar-refractivity contribution in [3.05, 3.63) is 83.9 Å². The summed E-state index contributed by atoms with van der Waals surface area (Å²) in [5.41, 5.74) is 1.57. The second-order valence-electron chi connectivity index (χ2n) is 5.00. The molecule has 22 heavy (non-hydrogen) atoms. The SMILES string of the molecule is COc1ccccc1/C=C/C(=O)c1ccc2ccccc2c1. The van der Waals surface area contributed by atoms with Gasteiger partial charge in [-0.05, 0) is 35.1 Å². The summed E-state index contributed by atoms with van der Waals surface area (Å²) in [4.78, 5) is 12.3. The van der Waals surface area contributed by atoms with E-state index in [0.29, 0.717) is 5.56 Å². The number of carbonyl (C=O) groups is 1. The Morgan fingerprint density at radius 3 is 2.45 bits per heavy atom. The average Bonchev–Trinajstić information content (AvgIpc) is 2.59. The van der Waals surface area contributed by atoms with E-state index in [0.717, 1.165) is 22.1 Å². The standard InChI is InChI=1S/C20H16O2/c1-22-20-9-5-4-7-16(20)12-13-19(21)18-11-10-15-6-2-3-8-17(15)14-18/h2-14H,1H3/b13-12+. The summed E-state index contributed by atoms with van der Waals surface area (Å²) < 4.78 is 5.28. The minimum atomic E-state index is -0.0170. The Kier molecular flexibility index (Phi) is 4.01. The molecule has 0 bridgehead atoms. The highest BCUT2D eigenvalue weighted by Gasteiger charge is 2.04. The predicted octanol–water partition coefficient (Wildman–Crippen LogP) is 4.74. The van der Waals surface area contributed by atoms with Crippen molar-refractivity contribution in [2.24, 2.45) is 0 Å². The lowest BCUT2D eigenvalue weighted by Crippen LogP contribution is -1.94. The Balaban J connectivity index is 1.88. The van der Waals surface area contributed by atoms with E-state index in [9.17, 15) is 4.79 Å². The van der Waals surface area contributed by atoms with E-state index in [1.807, 2.05) is 66.7 Å². The van der Waals surface area contributed by atoms with Gasteiger partial charge < -0.3 is 4.74 Å². The minimum Gasteiger partial charge on any atom is -0.496 e. The van der Waals surface area contributed by atoms with Crippen LogP contribution in [0.25, 0.3) is 16.8 Å². The fourth-order valence-electron chi connectivity index (χ4n) is 2.41. The smallest absolute Gasteiger partial charge is 0.185 e. The first-order chi connectivity index (χ1) is 10.8. The molecule has 3 aromatic rings. The Hall–Kier alpha value is -2.87. The summed E-state index contributed by atoms with van der Waals surface area (Å²) in [6.07, 6.45) is 3.37. The number of ketones is 1. The van der Waals surface area contributed by atoms with Gasteiger partial charge in [0.2, 0.25) is 0 Å². The van der Waals surface area contributed by atoms with E-state index in [1.165, 1.54) is 0 Å². The van der Waals surface area contributed by atoms with Crippen molar-refractivity contribution in [1.82, 2.24) is 0 Å². The Morgan fingerprint density at radius 1 is 0.909 bits per heavy atom. The maximum atomic E-state index is 12.3. The molecule has 108 valence electrons. The van der Waals surface area contributed by atoms with Crippen LogP contribution in [0.15, 0.2) is 72.8 Å².